The van der Waals surface area contributed by atoms with Gasteiger partial charge in [0.25, 0.3) is 0 Å². The lowest BCUT2D eigenvalue weighted by Crippen LogP contribution is -2.33. The Labute approximate surface area is 97.9 Å². The molecule has 0 spiro atoms. The van der Waals surface area contributed by atoms with E-state index in [0.29, 0.717) is 0 Å². The number of nitrogens with zero attached hydrogens (tertiary/aromatic N) is 4. The summed E-state index contributed by atoms with van der Waals surface area (Å²) in [4.78, 5) is 2.40. The van der Waals surface area contributed by atoms with Gasteiger partial charge >= 0.3 is 0 Å². The van der Waals surface area contributed by atoms with Crippen LogP contribution in [-0.2, 0) is 7.05 Å². The molecule has 0 aliphatic heterocycles. The third-order valence-electron chi connectivity index (χ3n) is 2.91. The molecule has 0 saturated heterocycles. The highest BCUT2D eigenvalue weighted by Gasteiger charge is 2.10. The summed E-state index contributed by atoms with van der Waals surface area (Å²) in [5.74, 6) is 0.986. The van der Waals surface area contributed by atoms with Gasteiger partial charge in [0.2, 0.25) is 0 Å². The third kappa shape index (κ3) is 3.57. The summed E-state index contributed by atoms with van der Waals surface area (Å²) in [5, 5.41) is 11.4. The Bertz CT molecular complexity index is 292. The van der Waals surface area contributed by atoms with E-state index in [1.54, 1.807) is 6.33 Å². The van der Waals surface area contributed by atoms with Crippen molar-refractivity contribution >= 4 is 0 Å². The van der Waals surface area contributed by atoms with Crippen molar-refractivity contribution < 1.29 is 0 Å². The number of hydrogen-bond donors (Lipinski definition) is 1. The van der Waals surface area contributed by atoms with Gasteiger partial charge in [0.05, 0.1) is 6.04 Å². The molecule has 0 radical (unpaired) electrons. The van der Waals surface area contributed by atoms with Gasteiger partial charge < -0.3 is 14.8 Å². The lowest BCUT2D eigenvalue weighted by atomic mass is 10.3. The monoisotopic (exact) mass is 225 g/mol. The first-order valence-electron chi connectivity index (χ1n) is 5.98. The molecule has 1 heterocycles. The zero-order chi connectivity index (χ0) is 12.0. The maximum absolute atomic E-state index is 4.09. The zero-order valence-electron chi connectivity index (χ0n) is 10.8. The van der Waals surface area contributed by atoms with E-state index in [4.69, 9.17) is 0 Å². The van der Waals surface area contributed by atoms with Gasteiger partial charge in [0.15, 0.2) is 0 Å². The van der Waals surface area contributed by atoms with Gasteiger partial charge in [-0.1, -0.05) is 13.8 Å². The molecular weight excluding hydrogens is 202 g/mol. The molecule has 1 rings (SSSR count). The molecule has 5 heteroatoms. The topological polar surface area (TPSA) is 46.0 Å². The highest BCUT2D eigenvalue weighted by molar-refractivity contribution is 4.91. The molecule has 1 aromatic heterocycles. The van der Waals surface area contributed by atoms with Crippen molar-refractivity contribution in [3.63, 3.8) is 0 Å². The van der Waals surface area contributed by atoms with Crippen molar-refractivity contribution in [2.24, 2.45) is 7.05 Å². The van der Waals surface area contributed by atoms with Crippen molar-refractivity contribution in [1.82, 2.24) is 25.0 Å². The number of nitrogens with one attached hydrogen (secondary N) is 1. The summed E-state index contributed by atoms with van der Waals surface area (Å²) >= 11 is 0. The predicted octanol–water partition coefficient (Wildman–Crippen LogP) is 0.807. The van der Waals surface area contributed by atoms with Crippen LogP contribution in [0, 0.1) is 0 Å². The average Bonchev–Trinajstić information content (AvgIpc) is 2.70. The Kier molecular flexibility index (Phi) is 5.42. The summed E-state index contributed by atoms with van der Waals surface area (Å²) in [6.45, 7) is 10.8. The highest BCUT2D eigenvalue weighted by Crippen LogP contribution is 2.06. The standard InChI is InChI=1S/C11H23N5/c1-5-16(6-2)8-7-12-10(3)11-14-13-9-15(11)4/h9-10,12H,5-8H2,1-4H3. The summed E-state index contributed by atoms with van der Waals surface area (Å²) in [7, 11) is 1.97. The first kappa shape index (κ1) is 13.1. The van der Waals surface area contributed by atoms with Crippen LogP contribution in [0.5, 0.6) is 0 Å². The molecule has 1 unspecified atom stereocenters. The Hall–Kier alpha value is -0.940. The van der Waals surface area contributed by atoms with E-state index in [0.717, 1.165) is 32.0 Å². The highest BCUT2D eigenvalue weighted by atomic mass is 15.3. The van der Waals surface area contributed by atoms with E-state index >= 15 is 0 Å². The zero-order valence-corrected chi connectivity index (χ0v) is 10.8. The molecule has 92 valence electrons. The molecule has 1 N–H and O–H groups in total. The smallest absolute Gasteiger partial charge is 0.149 e. The van der Waals surface area contributed by atoms with E-state index in [-0.39, 0.29) is 6.04 Å². The van der Waals surface area contributed by atoms with Gasteiger partial charge in [-0.05, 0) is 20.0 Å². The van der Waals surface area contributed by atoms with Gasteiger partial charge in [-0.15, -0.1) is 10.2 Å². The van der Waals surface area contributed by atoms with Gasteiger partial charge in [0.1, 0.15) is 12.2 Å². The van der Waals surface area contributed by atoms with Crippen LogP contribution in [0.1, 0.15) is 32.6 Å². The number of rotatable bonds is 7. The van der Waals surface area contributed by atoms with Gasteiger partial charge in [0, 0.05) is 20.1 Å². The van der Waals surface area contributed by atoms with Crippen LogP contribution in [0.15, 0.2) is 6.33 Å². The molecule has 0 aliphatic rings. The van der Waals surface area contributed by atoms with Crippen molar-refractivity contribution in [1.29, 1.82) is 0 Å². The van der Waals surface area contributed by atoms with Crippen molar-refractivity contribution in [2.75, 3.05) is 26.2 Å². The molecule has 5 nitrogen and oxygen atoms in total. The Morgan fingerprint density at radius 3 is 2.62 bits per heavy atom. The van der Waals surface area contributed by atoms with Crippen molar-refractivity contribution in [2.45, 2.75) is 26.8 Å². The largest absolute Gasteiger partial charge is 0.319 e. The molecule has 0 aliphatic carbocycles. The van der Waals surface area contributed by atoms with E-state index in [2.05, 4.69) is 41.2 Å². The first-order valence-corrected chi connectivity index (χ1v) is 5.98. The summed E-state index contributed by atoms with van der Waals surface area (Å²) in [6, 6.07) is 0.253. The number of hydrogen-bond acceptors (Lipinski definition) is 4. The van der Waals surface area contributed by atoms with Crippen LogP contribution < -0.4 is 5.32 Å². The van der Waals surface area contributed by atoms with E-state index in [9.17, 15) is 0 Å². The van der Waals surface area contributed by atoms with Crippen LogP contribution in [0.4, 0.5) is 0 Å². The van der Waals surface area contributed by atoms with E-state index < -0.39 is 0 Å². The predicted molar refractivity (Wildman–Crippen MR) is 65.2 cm³/mol. The summed E-state index contributed by atoms with van der Waals surface area (Å²) < 4.78 is 1.95. The normalized spacial score (nSPS) is 13.3. The number of aromatic nitrogens is 3. The lowest BCUT2D eigenvalue weighted by molar-refractivity contribution is 0.296. The average molecular weight is 225 g/mol. The third-order valence-corrected chi connectivity index (χ3v) is 2.91. The van der Waals surface area contributed by atoms with Crippen molar-refractivity contribution in [3.8, 4) is 0 Å². The number of likely N-dealkylation sites (N-methyl/N-ethyl adjacent to an activating group) is 1. The SMILES string of the molecule is CCN(CC)CCNC(C)c1nncn1C. The maximum atomic E-state index is 4.09. The van der Waals surface area contributed by atoms with Gasteiger partial charge in [-0.2, -0.15) is 0 Å². The molecule has 0 fully saturated rings. The molecular formula is C11H23N5. The summed E-state index contributed by atoms with van der Waals surface area (Å²) in [5.41, 5.74) is 0. The first-order chi connectivity index (χ1) is 7.69. The van der Waals surface area contributed by atoms with E-state index in [1.807, 2.05) is 11.6 Å². The Morgan fingerprint density at radius 2 is 2.12 bits per heavy atom. The molecule has 0 bridgehead atoms. The van der Waals surface area contributed by atoms with E-state index in [1.165, 1.54) is 0 Å². The van der Waals surface area contributed by atoms with Gasteiger partial charge in [-0.25, -0.2) is 0 Å². The number of aryl methyl sites for hydroxylation is 1. The van der Waals surface area contributed by atoms with Crippen LogP contribution in [0.3, 0.4) is 0 Å². The fourth-order valence-corrected chi connectivity index (χ4v) is 1.75. The molecule has 16 heavy (non-hydrogen) atoms. The van der Waals surface area contributed by atoms with Crippen LogP contribution in [0.25, 0.3) is 0 Å². The van der Waals surface area contributed by atoms with Crippen LogP contribution in [-0.4, -0.2) is 45.8 Å². The molecule has 0 saturated carbocycles. The quantitative estimate of drug-likeness (QED) is 0.746. The van der Waals surface area contributed by atoms with Crippen LogP contribution in [0.2, 0.25) is 0 Å². The maximum Gasteiger partial charge on any atom is 0.149 e. The fraction of sp³-hybridized carbons (Fsp3) is 0.818. The molecule has 0 amide bonds. The molecule has 1 aromatic rings. The Morgan fingerprint density at radius 1 is 1.44 bits per heavy atom. The van der Waals surface area contributed by atoms with Gasteiger partial charge in [-0.3, -0.25) is 0 Å². The summed E-state index contributed by atoms with van der Waals surface area (Å²) in [6.07, 6.45) is 1.73. The van der Waals surface area contributed by atoms with Crippen LogP contribution >= 0.6 is 0 Å². The second kappa shape index (κ2) is 6.60. The fourth-order valence-electron chi connectivity index (χ4n) is 1.75. The Balaban J connectivity index is 2.30. The second-order valence-electron chi connectivity index (χ2n) is 4.00. The minimum atomic E-state index is 0.253. The minimum Gasteiger partial charge on any atom is -0.319 e. The molecule has 0 aromatic carbocycles. The second-order valence-corrected chi connectivity index (χ2v) is 4.00. The van der Waals surface area contributed by atoms with Crippen molar-refractivity contribution in [3.05, 3.63) is 12.2 Å². The lowest BCUT2D eigenvalue weighted by Gasteiger charge is -2.20. The minimum absolute atomic E-state index is 0.253. The molecule has 1 atom stereocenters.